The predicted octanol–water partition coefficient (Wildman–Crippen LogP) is 4.95. The number of rotatable bonds is 5. The lowest BCUT2D eigenvalue weighted by molar-refractivity contribution is 0.415. The van der Waals surface area contributed by atoms with Gasteiger partial charge < -0.3 is 9.30 Å². The Hall–Kier alpha value is -3.07. The van der Waals surface area contributed by atoms with Gasteiger partial charge in [0.15, 0.2) is 0 Å². The second kappa shape index (κ2) is 6.81. The first kappa shape index (κ1) is 15.5. The molecule has 1 aromatic heterocycles. The van der Waals surface area contributed by atoms with Crippen molar-refractivity contribution in [1.29, 1.82) is 0 Å². The van der Waals surface area contributed by atoms with Crippen LogP contribution in [0.15, 0.2) is 79.1 Å². The van der Waals surface area contributed by atoms with E-state index in [2.05, 4.69) is 64.1 Å². The topological polar surface area (TPSA) is 27.1 Å². The van der Waals surface area contributed by atoms with E-state index in [1.807, 2.05) is 24.5 Å². The Kier molecular flexibility index (Phi) is 4.21. The third-order valence-corrected chi connectivity index (χ3v) is 4.53. The molecule has 3 aromatic carbocycles. The summed E-state index contributed by atoms with van der Waals surface area (Å²) in [7, 11) is 1.70. The molecule has 0 fully saturated rings. The summed E-state index contributed by atoms with van der Waals surface area (Å²) in [5.74, 6) is 0.883. The molecule has 0 saturated carbocycles. The molecule has 3 nitrogen and oxygen atoms in total. The molecule has 3 heteroatoms. The number of fused-ring (bicyclic) bond motifs is 1. The fraction of sp³-hybridized carbons (Fsp3) is 0.136. The van der Waals surface area contributed by atoms with Gasteiger partial charge in [-0.2, -0.15) is 0 Å². The minimum absolute atomic E-state index is 0.883. The highest BCUT2D eigenvalue weighted by atomic mass is 16.5. The van der Waals surface area contributed by atoms with Crippen LogP contribution in [0.1, 0.15) is 5.56 Å². The normalized spacial score (nSPS) is 10.9. The molecule has 0 bridgehead atoms. The van der Waals surface area contributed by atoms with Crippen LogP contribution in [-0.4, -0.2) is 16.7 Å². The largest absolute Gasteiger partial charge is 0.497 e. The van der Waals surface area contributed by atoms with Gasteiger partial charge in [0.2, 0.25) is 0 Å². The van der Waals surface area contributed by atoms with Crippen molar-refractivity contribution in [2.45, 2.75) is 13.0 Å². The van der Waals surface area contributed by atoms with Crippen molar-refractivity contribution >= 4 is 11.0 Å². The van der Waals surface area contributed by atoms with E-state index in [1.165, 1.54) is 22.2 Å². The SMILES string of the molecule is COc1cccc(-c2ccc(CCn3cnc4ccccc43)cc2)c1. The molecular formula is C22H20N2O. The maximum atomic E-state index is 5.31. The Morgan fingerprint density at radius 2 is 1.72 bits per heavy atom. The van der Waals surface area contributed by atoms with Gasteiger partial charge in [-0.25, -0.2) is 4.98 Å². The predicted molar refractivity (Wildman–Crippen MR) is 102 cm³/mol. The smallest absolute Gasteiger partial charge is 0.119 e. The van der Waals surface area contributed by atoms with E-state index >= 15 is 0 Å². The standard InChI is InChI=1S/C22H20N2O/c1-25-20-6-4-5-19(15-20)18-11-9-17(10-12-18)13-14-24-16-23-21-7-2-3-8-22(21)24/h2-12,15-16H,13-14H2,1H3. The Morgan fingerprint density at radius 1 is 0.880 bits per heavy atom. The van der Waals surface area contributed by atoms with Crippen molar-refractivity contribution in [2.75, 3.05) is 7.11 Å². The van der Waals surface area contributed by atoms with Crippen molar-refractivity contribution in [3.05, 3.63) is 84.7 Å². The first-order valence-corrected chi connectivity index (χ1v) is 8.47. The molecule has 0 saturated heterocycles. The van der Waals surface area contributed by atoms with E-state index in [1.54, 1.807) is 7.11 Å². The molecule has 1 heterocycles. The number of imidazole rings is 1. The molecule has 0 amide bonds. The third-order valence-electron chi connectivity index (χ3n) is 4.53. The fourth-order valence-electron chi connectivity index (χ4n) is 3.10. The summed E-state index contributed by atoms with van der Waals surface area (Å²) in [6.07, 6.45) is 2.91. The second-order valence-corrected chi connectivity index (χ2v) is 6.11. The average Bonchev–Trinajstić information content (AvgIpc) is 3.10. The van der Waals surface area contributed by atoms with Gasteiger partial charge in [0.25, 0.3) is 0 Å². The summed E-state index contributed by atoms with van der Waals surface area (Å²) < 4.78 is 7.52. The number of aryl methyl sites for hydroxylation is 2. The third kappa shape index (κ3) is 3.26. The van der Waals surface area contributed by atoms with Gasteiger partial charge in [-0.05, 0) is 47.4 Å². The molecule has 124 valence electrons. The number of benzene rings is 3. The first-order chi connectivity index (χ1) is 12.3. The van der Waals surface area contributed by atoms with Crippen LogP contribution in [0.4, 0.5) is 0 Å². The van der Waals surface area contributed by atoms with E-state index in [-0.39, 0.29) is 0 Å². The lowest BCUT2D eigenvalue weighted by Crippen LogP contribution is -1.99. The summed E-state index contributed by atoms with van der Waals surface area (Å²) >= 11 is 0. The molecule has 0 aliphatic heterocycles. The van der Waals surface area contributed by atoms with E-state index in [9.17, 15) is 0 Å². The summed E-state index contributed by atoms with van der Waals surface area (Å²) in [6, 6.07) is 25.2. The van der Waals surface area contributed by atoms with Gasteiger partial charge in [0, 0.05) is 6.54 Å². The summed E-state index contributed by atoms with van der Waals surface area (Å²) in [6.45, 7) is 0.930. The second-order valence-electron chi connectivity index (χ2n) is 6.11. The number of hydrogen-bond donors (Lipinski definition) is 0. The maximum Gasteiger partial charge on any atom is 0.119 e. The van der Waals surface area contributed by atoms with Crippen molar-refractivity contribution in [1.82, 2.24) is 9.55 Å². The monoisotopic (exact) mass is 328 g/mol. The summed E-state index contributed by atoms with van der Waals surface area (Å²) in [5.41, 5.74) is 5.94. The Bertz CT molecular complexity index is 986. The molecule has 0 aliphatic carbocycles. The van der Waals surface area contributed by atoms with Gasteiger partial charge in [0.1, 0.15) is 5.75 Å². The molecule has 0 radical (unpaired) electrons. The lowest BCUT2D eigenvalue weighted by atomic mass is 10.0. The quantitative estimate of drug-likeness (QED) is 0.518. The molecule has 0 atom stereocenters. The van der Waals surface area contributed by atoms with Crippen LogP contribution >= 0.6 is 0 Å². The van der Waals surface area contributed by atoms with Crippen LogP contribution in [0.25, 0.3) is 22.2 Å². The number of aromatic nitrogens is 2. The zero-order valence-corrected chi connectivity index (χ0v) is 14.2. The highest BCUT2D eigenvalue weighted by Gasteiger charge is 2.03. The van der Waals surface area contributed by atoms with Gasteiger partial charge in [-0.1, -0.05) is 48.5 Å². The molecule has 0 aliphatic rings. The Morgan fingerprint density at radius 3 is 2.56 bits per heavy atom. The number of methoxy groups -OCH3 is 1. The van der Waals surface area contributed by atoms with E-state index in [0.29, 0.717) is 0 Å². The van der Waals surface area contributed by atoms with E-state index < -0.39 is 0 Å². The first-order valence-electron chi connectivity index (χ1n) is 8.47. The van der Waals surface area contributed by atoms with Crippen molar-refractivity contribution in [3.8, 4) is 16.9 Å². The van der Waals surface area contributed by atoms with Crippen molar-refractivity contribution < 1.29 is 4.74 Å². The van der Waals surface area contributed by atoms with Crippen LogP contribution in [0.5, 0.6) is 5.75 Å². The van der Waals surface area contributed by atoms with Gasteiger partial charge in [-0.3, -0.25) is 0 Å². The summed E-state index contributed by atoms with van der Waals surface area (Å²) in [5, 5.41) is 0. The van der Waals surface area contributed by atoms with Gasteiger partial charge in [0.05, 0.1) is 24.5 Å². The lowest BCUT2D eigenvalue weighted by Gasteiger charge is -2.07. The van der Waals surface area contributed by atoms with Crippen LogP contribution < -0.4 is 4.74 Å². The molecule has 0 spiro atoms. The fourth-order valence-corrected chi connectivity index (χ4v) is 3.10. The van der Waals surface area contributed by atoms with Crippen LogP contribution in [0.3, 0.4) is 0 Å². The number of ether oxygens (including phenoxy) is 1. The minimum atomic E-state index is 0.883. The number of nitrogens with zero attached hydrogens (tertiary/aromatic N) is 2. The number of para-hydroxylation sites is 2. The van der Waals surface area contributed by atoms with E-state index in [0.717, 1.165) is 24.2 Å². The van der Waals surface area contributed by atoms with Crippen molar-refractivity contribution in [3.63, 3.8) is 0 Å². The molecule has 4 rings (SSSR count). The highest BCUT2D eigenvalue weighted by Crippen LogP contribution is 2.24. The Balaban J connectivity index is 1.49. The van der Waals surface area contributed by atoms with Crippen LogP contribution in [0.2, 0.25) is 0 Å². The van der Waals surface area contributed by atoms with Crippen molar-refractivity contribution in [2.24, 2.45) is 0 Å². The number of hydrogen-bond acceptors (Lipinski definition) is 2. The summed E-state index contributed by atoms with van der Waals surface area (Å²) in [4.78, 5) is 4.45. The Labute approximate surface area is 147 Å². The average molecular weight is 328 g/mol. The zero-order valence-electron chi connectivity index (χ0n) is 14.2. The molecule has 0 unspecified atom stereocenters. The highest BCUT2D eigenvalue weighted by molar-refractivity contribution is 5.74. The maximum absolute atomic E-state index is 5.31. The van der Waals surface area contributed by atoms with Gasteiger partial charge in [-0.15, -0.1) is 0 Å². The molecule has 0 N–H and O–H groups in total. The minimum Gasteiger partial charge on any atom is -0.497 e. The molecule has 25 heavy (non-hydrogen) atoms. The molecular weight excluding hydrogens is 308 g/mol. The van der Waals surface area contributed by atoms with Gasteiger partial charge >= 0.3 is 0 Å². The molecule has 4 aromatic rings. The van der Waals surface area contributed by atoms with Crippen LogP contribution in [-0.2, 0) is 13.0 Å². The van der Waals surface area contributed by atoms with Crippen LogP contribution in [0, 0.1) is 0 Å². The zero-order chi connectivity index (χ0) is 17.1. The van der Waals surface area contributed by atoms with E-state index in [4.69, 9.17) is 4.74 Å².